The Morgan fingerprint density at radius 1 is 1.14 bits per heavy atom. The predicted molar refractivity (Wildman–Crippen MR) is 86.7 cm³/mol. The number of hydrogen-bond donors (Lipinski definition) is 6. The minimum atomic E-state index is -4.60. The van der Waals surface area contributed by atoms with Crippen molar-refractivity contribution in [1.29, 1.82) is 0 Å². The van der Waals surface area contributed by atoms with Crippen molar-refractivity contribution in [2.45, 2.75) is 75.3 Å². The van der Waals surface area contributed by atoms with Gasteiger partial charge in [0.15, 0.2) is 6.29 Å². The van der Waals surface area contributed by atoms with Crippen LogP contribution in [0.4, 0.5) is 0 Å². The van der Waals surface area contributed by atoms with E-state index in [9.17, 15) is 28.8 Å². The molecular formula is C14H25NO12S. The van der Waals surface area contributed by atoms with Crippen molar-refractivity contribution in [2.75, 3.05) is 6.61 Å². The van der Waals surface area contributed by atoms with Gasteiger partial charge in [0.1, 0.15) is 30.5 Å². The van der Waals surface area contributed by atoms with E-state index in [-0.39, 0.29) is 12.8 Å². The standard InChI is InChI=1S/C13H25NO10S.CO2/c1-3-7-12(24-13-11(18)9(16)6(15)4-22-13)10(17)8(5(2)23-7)14-25(19,20)21;2-1-3/h5-18H,3-4H2,1-2H3,(H,19,20,21);/t5-,6-,7?,8?,9+,10-,11?,12-,13+;/m1./s1. The van der Waals surface area contributed by atoms with Crippen molar-refractivity contribution in [2.24, 2.45) is 0 Å². The zero-order valence-electron chi connectivity index (χ0n) is 15.1. The van der Waals surface area contributed by atoms with E-state index in [1.165, 1.54) is 6.92 Å². The van der Waals surface area contributed by atoms with Crippen LogP contribution in [0.5, 0.6) is 0 Å². The Bertz CT molecular complexity index is 624. The minimum Gasteiger partial charge on any atom is -0.389 e. The first-order chi connectivity index (χ1) is 13.0. The van der Waals surface area contributed by atoms with Gasteiger partial charge in [-0.25, -0.2) is 0 Å². The molecule has 2 aliphatic heterocycles. The topological polar surface area (TPSA) is 209 Å². The lowest BCUT2D eigenvalue weighted by Gasteiger charge is -2.45. The van der Waals surface area contributed by atoms with Crippen LogP contribution in [0.1, 0.15) is 20.3 Å². The summed E-state index contributed by atoms with van der Waals surface area (Å²) >= 11 is 0. The van der Waals surface area contributed by atoms with Gasteiger partial charge in [-0.05, 0) is 13.3 Å². The SMILES string of the molecule is CCC1O[C@H](C)C(NS(=O)(=O)O)[C@@H](O)[C@@H]1O[C@@H]1OC[C@@H](O)[C@H](O)C1O.O=C=O. The molecule has 3 unspecified atom stereocenters. The van der Waals surface area contributed by atoms with Crippen LogP contribution in [-0.4, -0.2) is 101 Å². The molecule has 28 heavy (non-hydrogen) atoms. The molecule has 0 spiro atoms. The van der Waals surface area contributed by atoms with Crippen LogP contribution in [0.2, 0.25) is 0 Å². The van der Waals surface area contributed by atoms with Crippen LogP contribution in [0.25, 0.3) is 0 Å². The van der Waals surface area contributed by atoms with Crippen LogP contribution in [0, 0.1) is 0 Å². The van der Waals surface area contributed by atoms with Crippen molar-refractivity contribution in [3.63, 3.8) is 0 Å². The highest BCUT2D eigenvalue weighted by molar-refractivity contribution is 7.83. The third kappa shape index (κ3) is 6.50. The van der Waals surface area contributed by atoms with Crippen molar-refractivity contribution < 1.29 is 57.2 Å². The number of aliphatic hydroxyl groups is 4. The second kappa shape index (κ2) is 10.7. The molecule has 0 bridgehead atoms. The van der Waals surface area contributed by atoms with E-state index in [1.807, 2.05) is 4.72 Å². The fraction of sp³-hybridized carbons (Fsp3) is 0.929. The van der Waals surface area contributed by atoms with Crippen molar-refractivity contribution in [1.82, 2.24) is 4.72 Å². The van der Waals surface area contributed by atoms with E-state index >= 15 is 0 Å². The molecule has 0 aromatic carbocycles. The van der Waals surface area contributed by atoms with Gasteiger partial charge >= 0.3 is 16.5 Å². The summed E-state index contributed by atoms with van der Waals surface area (Å²) in [6, 6.07) is -1.20. The third-order valence-corrected chi connectivity index (χ3v) is 4.97. The quantitative estimate of drug-likeness (QED) is 0.235. The summed E-state index contributed by atoms with van der Waals surface area (Å²) in [5.41, 5.74) is 0. The minimum absolute atomic E-state index is 0.250. The van der Waals surface area contributed by atoms with Gasteiger partial charge in [0.05, 0.1) is 24.9 Å². The van der Waals surface area contributed by atoms with Gasteiger partial charge in [-0.3, -0.25) is 4.55 Å². The second-order valence-corrected chi connectivity index (χ2v) is 7.52. The van der Waals surface area contributed by atoms with Crippen LogP contribution in [-0.2, 0) is 34.1 Å². The fourth-order valence-electron chi connectivity index (χ4n) is 3.03. The first-order valence-corrected chi connectivity index (χ1v) is 9.79. The molecule has 0 radical (unpaired) electrons. The Hall–Kier alpha value is -1.03. The first kappa shape index (κ1) is 25.0. The Morgan fingerprint density at radius 3 is 2.21 bits per heavy atom. The lowest BCUT2D eigenvalue weighted by atomic mass is 9.92. The fourth-order valence-corrected chi connectivity index (χ4v) is 3.70. The summed E-state index contributed by atoms with van der Waals surface area (Å²) < 4.78 is 49.3. The van der Waals surface area contributed by atoms with E-state index in [0.29, 0.717) is 6.42 Å². The molecule has 13 nitrogen and oxygen atoms in total. The predicted octanol–water partition coefficient (Wildman–Crippen LogP) is -3.45. The van der Waals surface area contributed by atoms with E-state index in [2.05, 4.69) is 0 Å². The van der Waals surface area contributed by atoms with Crippen LogP contribution in [0.3, 0.4) is 0 Å². The average Bonchev–Trinajstić information content (AvgIpc) is 2.60. The molecule has 2 heterocycles. The van der Waals surface area contributed by atoms with Crippen molar-refractivity contribution in [3.05, 3.63) is 0 Å². The highest BCUT2D eigenvalue weighted by atomic mass is 32.2. The normalized spacial score (nSPS) is 41.5. The molecule has 6 N–H and O–H groups in total. The molecule has 2 fully saturated rings. The highest BCUT2D eigenvalue weighted by Crippen LogP contribution is 2.29. The van der Waals surface area contributed by atoms with Gasteiger partial charge in [-0.15, -0.1) is 0 Å². The van der Waals surface area contributed by atoms with Crippen molar-refractivity contribution >= 4 is 16.5 Å². The van der Waals surface area contributed by atoms with E-state index < -0.39 is 65.4 Å². The maximum Gasteiger partial charge on any atom is 0.373 e. The largest absolute Gasteiger partial charge is 0.389 e. The summed E-state index contributed by atoms with van der Waals surface area (Å²) in [5, 5.41) is 39.6. The van der Waals surface area contributed by atoms with E-state index in [0.717, 1.165) is 0 Å². The molecule has 0 aliphatic carbocycles. The lowest BCUT2D eigenvalue weighted by molar-refractivity contribution is -0.313. The second-order valence-electron chi connectivity index (χ2n) is 6.33. The molecule has 14 heteroatoms. The third-order valence-electron chi connectivity index (χ3n) is 4.40. The molecule has 0 saturated carbocycles. The maximum absolute atomic E-state index is 11.1. The van der Waals surface area contributed by atoms with Crippen LogP contribution >= 0.6 is 0 Å². The summed E-state index contributed by atoms with van der Waals surface area (Å²) in [5.74, 6) is 0. The lowest BCUT2D eigenvalue weighted by Crippen LogP contribution is -2.65. The summed E-state index contributed by atoms with van der Waals surface area (Å²) in [4.78, 5) is 16.2. The Kier molecular flexibility index (Phi) is 9.52. The first-order valence-electron chi connectivity index (χ1n) is 8.35. The van der Waals surface area contributed by atoms with Gasteiger partial charge in [-0.1, -0.05) is 6.92 Å². The Balaban J connectivity index is 0.00000122. The van der Waals surface area contributed by atoms with Gasteiger partial charge in [0.2, 0.25) is 0 Å². The molecule has 164 valence electrons. The molecular weight excluding hydrogens is 406 g/mol. The number of carbonyl (C=O) groups excluding carboxylic acids is 2. The van der Waals surface area contributed by atoms with E-state index in [4.69, 9.17) is 28.4 Å². The number of aliphatic hydroxyl groups excluding tert-OH is 4. The molecule has 2 aliphatic rings. The Morgan fingerprint density at radius 2 is 1.71 bits per heavy atom. The zero-order chi connectivity index (χ0) is 21.6. The monoisotopic (exact) mass is 431 g/mol. The number of nitrogens with one attached hydrogen (secondary N) is 1. The van der Waals surface area contributed by atoms with Gasteiger partial charge in [0.25, 0.3) is 0 Å². The molecule has 0 amide bonds. The van der Waals surface area contributed by atoms with Gasteiger partial charge < -0.3 is 34.6 Å². The maximum atomic E-state index is 11.1. The zero-order valence-corrected chi connectivity index (χ0v) is 15.9. The van der Waals surface area contributed by atoms with E-state index in [1.54, 1.807) is 6.92 Å². The highest BCUT2D eigenvalue weighted by Gasteiger charge is 2.48. The molecule has 2 rings (SSSR count). The summed E-state index contributed by atoms with van der Waals surface area (Å²) in [7, 11) is -4.60. The number of rotatable bonds is 5. The molecule has 2 saturated heterocycles. The molecule has 0 aromatic heterocycles. The average molecular weight is 431 g/mol. The number of ether oxygens (including phenoxy) is 3. The van der Waals surface area contributed by atoms with Crippen LogP contribution in [0.15, 0.2) is 0 Å². The van der Waals surface area contributed by atoms with Crippen LogP contribution < -0.4 is 4.72 Å². The Labute approximate surface area is 161 Å². The molecule has 0 aromatic rings. The smallest absolute Gasteiger partial charge is 0.373 e. The van der Waals surface area contributed by atoms with Gasteiger partial charge in [0, 0.05) is 0 Å². The summed E-state index contributed by atoms with van der Waals surface area (Å²) in [6.45, 7) is 3.00. The molecule has 9 atom stereocenters. The van der Waals surface area contributed by atoms with Crippen molar-refractivity contribution in [3.8, 4) is 0 Å². The van der Waals surface area contributed by atoms with Gasteiger partial charge in [-0.2, -0.15) is 22.7 Å². The number of hydrogen-bond acceptors (Lipinski definition) is 11. The summed E-state index contributed by atoms with van der Waals surface area (Å²) in [6.07, 6.45) is -8.98.